The third kappa shape index (κ3) is 4.85. The second-order valence-electron chi connectivity index (χ2n) is 9.20. The Hall–Kier alpha value is -2.81. The SMILES string of the molecule is O=C(N[C@@H]1CCC[C@H](Nc2cc(C(F)(F)F)nc3ccc(Cl)cc23)C1)C1CCc2nc[nH]c2C1. The Morgan fingerprint density at radius 1 is 1.15 bits per heavy atom. The summed E-state index contributed by atoms with van der Waals surface area (Å²) in [5.41, 5.74) is 1.71. The number of H-pyrrole nitrogens is 1. The first kappa shape index (κ1) is 23.0. The van der Waals surface area contributed by atoms with E-state index in [1.54, 1.807) is 12.4 Å². The summed E-state index contributed by atoms with van der Waals surface area (Å²) in [7, 11) is 0. The lowest BCUT2D eigenvalue weighted by Crippen LogP contribution is -2.45. The summed E-state index contributed by atoms with van der Waals surface area (Å²) in [6, 6.07) is 5.60. The first-order valence-corrected chi connectivity index (χ1v) is 11.9. The van der Waals surface area contributed by atoms with Crippen molar-refractivity contribution in [2.24, 2.45) is 5.92 Å². The number of hydrogen-bond donors (Lipinski definition) is 3. The zero-order valence-corrected chi connectivity index (χ0v) is 19.1. The van der Waals surface area contributed by atoms with Gasteiger partial charge in [-0.25, -0.2) is 9.97 Å². The first-order chi connectivity index (χ1) is 16.3. The van der Waals surface area contributed by atoms with Crippen molar-refractivity contribution in [2.75, 3.05) is 5.32 Å². The molecule has 5 rings (SSSR count). The van der Waals surface area contributed by atoms with Gasteiger partial charge in [0.2, 0.25) is 5.91 Å². The van der Waals surface area contributed by atoms with Crippen LogP contribution in [-0.4, -0.2) is 32.9 Å². The number of imidazole rings is 1. The van der Waals surface area contributed by atoms with Gasteiger partial charge in [-0.1, -0.05) is 11.6 Å². The predicted molar refractivity (Wildman–Crippen MR) is 124 cm³/mol. The van der Waals surface area contributed by atoms with Crippen LogP contribution in [0.1, 0.15) is 49.2 Å². The molecule has 2 aliphatic rings. The number of anilines is 1. The van der Waals surface area contributed by atoms with Crippen LogP contribution in [0, 0.1) is 5.92 Å². The Morgan fingerprint density at radius 2 is 1.97 bits per heavy atom. The Bertz CT molecular complexity index is 1210. The van der Waals surface area contributed by atoms with Crippen molar-refractivity contribution in [1.29, 1.82) is 0 Å². The van der Waals surface area contributed by atoms with E-state index in [0.717, 1.165) is 49.6 Å². The third-order valence-electron chi connectivity index (χ3n) is 6.80. The van der Waals surface area contributed by atoms with E-state index in [4.69, 9.17) is 11.6 Å². The lowest BCUT2D eigenvalue weighted by molar-refractivity contribution is -0.140. The van der Waals surface area contributed by atoms with E-state index in [1.807, 2.05) is 0 Å². The number of nitrogens with one attached hydrogen (secondary N) is 3. The molecule has 1 fully saturated rings. The number of aromatic amines is 1. The highest BCUT2D eigenvalue weighted by Gasteiger charge is 2.34. The predicted octanol–water partition coefficient (Wildman–Crippen LogP) is 5.27. The molecule has 10 heteroatoms. The normalized spacial score (nSPS) is 22.9. The summed E-state index contributed by atoms with van der Waals surface area (Å²) in [6.07, 6.45) is 2.48. The maximum absolute atomic E-state index is 13.4. The maximum Gasteiger partial charge on any atom is 0.433 e. The van der Waals surface area contributed by atoms with E-state index < -0.39 is 11.9 Å². The van der Waals surface area contributed by atoms with E-state index in [9.17, 15) is 18.0 Å². The minimum absolute atomic E-state index is 0.0271. The highest BCUT2D eigenvalue weighted by molar-refractivity contribution is 6.31. The number of carbonyl (C=O) groups excluding carboxylic acids is 1. The van der Waals surface area contributed by atoms with E-state index >= 15 is 0 Å². The van der Waals surface area contributed by atoms with Gasteiger partial charge in [0.1, 0.15) is 5.69 Å². The molecule has 2 aliphatic carbocycles. The summed E-state index contributed by atoms with van der Waals surface area (Å²) in [5, 5.41) is 7.45. The number of carbonyl (C=O) groups is 1. The molecular formula is C24H25ClF3N5O. The van der Waals surface area contributed by atoms with Gasteiger partial charge >= 0.3 is 6.18 Å². The molecule has 1 amide bonds. The maximum atomic E-state index is 13.4. The molecule has 3 N–H and O–H groups in total. The van der Waals surface area contributed by atoms with Crippen LogP contribution in [0.15, 0.2) is 30.6 Å². The van der Waals surface area contributed by atoms with E-state index in [2.05, 4.69) is 25.6 Å². The Labute approximate surface area is 199 Å². The molecule has 180 valence electrons. The van der Waals surface area contributed by atoms with E-state index in [0.29, 0.717) is 28.9 Å². The number of fused-ring (bicyclic) bond motifs is 2. The second kappa shape index (κ2) is 9.09. The van der Waals surface area contributed by atoms with Crippen molar-refractivity contribution >= 4 is 34.1 Å². The third-order valence-corrected chi connectivity index (χ3v) is 7.03. The van der Waals surface area contributed by atoms with Gasteiger partial charge < -0.3 is 15.6 Å². The van der Waals surface area contributed by atoms with Gasteiger partial charge in [0.15, 0.2) is 0 Å². The fourth-order valence-corrected chi connectivity index (χ4v) is 5.25. The Balaban J connectivity index is 1.29. The minimum Gasteiger partial charge on any atom is -0.382 e. The number of alkyl halides is 3. The molecule has 1 saturated carbocycles. The number of nitrogens with zero attached hydrogens (tertiary/aromatic N) is 2. The monoisotopic (exact) mass is 491 g/mol. The molecule has 0 saturated heterocycles. The molecular weight excluding hydrogens is 467 g/mol. The quantitative estimate of drug-likeness (QED) is 0.464. The molecule has 0 bridgehead atoms. The number of benzene rings is 1. The fourth-order valence-electron chi connectivity index (χ4n) is 5.08. The summed E-state index contributed by atoms with van der Waals surface area (Å²) in [5.74, 6) is -0.0617. The summed E-state index contributed by atoms with van der Waals surface area (Å²) >= 11 is 6.11. The number of rotatable bonds is 4. The largest absolute Gasteiger partial charge is 0.433 e. The molecule has 1 aromatic carbocycles. The van der Waals surface area contributed by atoms with Crippen LogP contribution in [0.5, 0.6) is 0 Å². The zero-order chi connectivity index (χ0) is 23.9. The van der Waals surface area contributed by atoms with Crippen LogP contribution >= 0.6 is 11.6 Å². The van der Waals surface area contributed by atoms with Crippen molar-refractivity contribution in [2.45, 2.75) is 63.2 Å². The molecule has 1 unspecified atom stereocenters. The van der Waals surface area contributed by atoms with Crippen LogP contribution in [0.3, 0.4) is 0 Å². The topological polar surface area (TPSA) is 82.7 Å². The van der Waals surface area contributed by atoms with Crippen molar-refractivity contribution in [3.63, 3.8) is 0 Å². The molecule has 0 radical (unpaired) electrons. The van der Waals surface area contributed by atoms with Gasteiger partial charge in [0.25, 0.3) is 0 Å². The molecule has 0 aliphatic heterocycles. The number of pyridine rings is 1. The first-order valence-electron chi connectivity index (χ1n) is 11.5. The van der Waals surface area contributed by atoms with Gasteiger partial charge in [-0.3, -0.25) is 4.79 Å². The van der Waals surface area contributed by atoms with Gasteiger partial charge in [-0.05, 0) is 62.8 Å². The molecule has 2 aromatic heterocycles. The number of halogens is 4. The van der Waals surface area contributed by atoms with Crippen LogP contribution in [0.2, 0.25) is 5.02 Å². The molecule has 6 nitrogen and oxygen atoms in total. The molecule has 3 aromatic rings. The van der Waals surface area contributed by atoms with Crippen LogP contribution in [0.4, 0.5) is 18.9 Å². The van der Waals surface area contributed by atoms with Crippen LogP contribution in [0.25, 0.3) is 10.9 Å². The highest BCUT2D eigenvalue weighted by Crippen LogP contribution is 2.35. The smallest absolute Gasteiger partial charge is 0.382 e. The Kier molecular flexibility index (Phi) is 6.14. The fraction of sp³-hybridized carbons (Fsp3) is 0.458. The van der Waals surface area contributed by atoms with Crippen LogP contribution in [-0.2, 0) is 23.8 Å². The average Bonchev–Trinajstić information content (AvgIpc) is 3.27. The van der Waals surface area contributed by atoms with E-state index in [-0.39, 0.29) is 29.4 Å². The lowest BCUT2D eigenvalue weighted by Gasteiger charge is -2.32. The molecule has 0 spiro atoms. The summed E-state index contributed by atoms with van der Waals surface area (Å²) < 4.78 is 40.3. The van der Waals surface area contributed by atoms with Crippen molar-refractivity contribution in [3.8, 4) is 0 Å². The average molecular weight is 492 g/mol. The van der Waals surface area contributed by atoms with Gasteiger partial charge in [0.05, 0.1) is 17.5 Å². The molecule has 3 atom stereocenters. The minimum atomic E-state index is -4.55. The number of amides is 1. The molecule has 34 heavy (non-hydrogen) atoms. The molecule has 2 heterocycles. The van der Waals surface area contributed by atoms with Crippen molar-refractivity contribution in [1.82, 2.24) is 20.3 Å². The van der Waals surface area contributed by atoms with Crippen molar-refractivity contribution < 1.29 is 18.0 Å². The standard InChI is InChI=1S/C24H25ClF3N5O/c25-14-5-7-18-17(9-14)20(11-22(33-18)24(26,27)28)31-15-2-1-3-16(10-15)32-23(34)13-4-6-19-21(8-13)30-12-29-19/h5,7,9,11-13,15-16H,1-4,6,8,10H2,(H,29,30)(H,31,33)(H,32,34)/t13?,15-,16+/m0/s1. The van der Waals surface area contributed by atoms with E-state index in [1.165, 1.54) is 12.1 Å². The van der Waals surface area contributed by atoms with Crippen LogP contribution < -0.4 is 10.6 Å². The number of aryl methyl sites for hydroxylation is 1. The highest BCUT2D eigenvalue weighted by atomic mass is 35.5. The summed E-state index contributed by atoms with van der Waals surface area (Å²) in [6.45, 7) is 0. The number of aromatic nitrogens is 3. The lowest BCUT2D eigenvalue weighted by atomic mass is 9.87. The van der Waals surface area contributed by atoms with Crippen molar-refractivity contribution in [3.05, 3.63) is 52.7 Å². The second-order valence-corrected chi connectivity index (χ2v) is 9.63. The van der Waals surface area contributed by atoms with Gasteiger partial charge in [-0.15, -0.1) is 0 Å². The van der Waals surface area contributed by atoms with Gasteiger partial charge in [-0.2, -0.15) is 13.2 Å². The van der Waals surface area contributed by atoms with Gasteiger partial charge in [0, 0.05) is 46.2 Å². The summed E-state index contributed by atoms with van der Waals surface area (Å²) in [4.78, 5) is 24.1. The number of hydrogen-bond acceptors (Lipinski definition) is 4. The zero-order valence-electron chi connectivity index (χ0n) is 18.4. The Morgan fingerprint density at radius 3 is 2.79 bits per heavy atom.